The standard InChI is InChI=1S/C19H20N4/c20-17-14-21-9-8-19(17)23-12-10-22(11-13-23)18-7-3-5-15-4-1-2-6-16(15)18/h1-9,14H,10-13,20H2. The number of anilines is 3. The fourth-order valence-electron chi connectivity index (χ4n) is 3.36. The number of pyridine rings is 1. The molecule has 23 heavy (non-hydrogen) atoms. The summed E-state index contributed by atoms with van der Waals surface area (Å²) in [6.07, 6.45) is 3.54. The third-order valence-corrected chi connectivity index (χ3v) is 4.56. The van der Waals surface area contributed by atoms with Crippen LogP contribution >= 0.6 is 0 Å². The Morgan fingerprint density at radius 3 is 2.26 bits per heavy atom. The van der Waals surface area contributed by atoms with Gasteiger partial charge < -0.3 is 15.5 Å². The van der Waals surface area contributed by atoms with Gasteiger partial charge >= 0.3 is 0 Å². The summed E-state index contributed by atoms with van der Waals surface area (Å²) in [4.78, 5) is 8.89. The largest absolute Gasteiger partial charge is 0.396 e. The van der Waals surface area contributed by atoms with Crippen LogP contribution in [0.3, 0.4) is 0 Å². The molecule has 1 saturated heterocycles. The van der Waals surface area contributed by atoms with Crippen molar-refractivity contribution in [1.29, 1.82) is 0 Å². The van der Waals surface area contributed by atoms with E-state index in [0.29, 0.717) is 0 Å². The number of aromatic nitrogens is 1. The molecular weight excluding hydrogens is 284 g/mol. The van der Waals surface area contributed by atoms with Crippen LogP contribution in [-0.2, 0) is 0 Å². The van der Waals surface area contributed by atoms with Crippen LogP contribution in [0.15, 0.2) is 60.9 Å². The summed E-state index contributed by atoms with van der Waals surface area (Å²) in [6, 6.07) is 17.1. The summed E-state index contributed by atoms with van der Waals surface area (Å²) >= 11 is 0. The average molecular weight is 304 g/mol. The molecule has 4 nitrogen and oxygen atoms in total. The Kier molecular flexibility index (Phi) is 3.50. The van der Waals surface area contributed by atoms with E-state index in [9.17, 15) is 0 Å². The van der Waals surface area contributed by atoms with Crippen molar-refractivity contribution in [2.75, 3.05) is 41.7 Å². The molecule has 0 atom stereocenters. The van der Waals surface area contributed by atoms with E-state index in [1.807, 2.05) is 12.3 Å². The van der Waals surface area contributed by atoms with Crippen molar-refractivity contribution >= 4 is 27.8 Å². The molecule has 0 spiro atoms. The molecule has 2 aromatic carbocycles. The third kappa shape index (κ3) is 2.57. The molecule has 1 fully saturated rings. The Labute approximate surface area is 136 Å². The zero-order chi connectivity index (χ0) is 15.6. The summed E-state index contributed by atoms with van der Waals surface area (Å²) in [5, 5.41) is 2.62. The molecule has 1 aliphatic rings. The van der Waals surface area contributed by atoms with Crippen LogP contribution in [-0.4, -0.2) is 31.2 Å². The van der Waals surface area contributed by atoms with Gasteiger partial charge in [0.25, 0.3) is 0 Å². The SMILES string of the molecule is Nc1cnccc1N1CCN(c2cccc3ccccc23)CC1. The number of nitrogens with two attached hydrogens (primary N) is 1. The zero-order valence-corrected chi connectivity index (χ0v) is 13.0. The predicted molar refractivity (Wildman–Crippen MR) is 97.0 cm³/mol. The van der Waals surface area contributed by atoms with Gasteiger partial charge in [0.2, 0.25) is 0 Å². The summed E-state index contributed by atoms with van der Waals surface area (Å²) in [7, 11) is 0. The van der Waals surface area contributed by atoms with E-state index in [4.69, 9.17) is 5.73 Å². The molecule has 0 amide bonds. The number of fused-ring (bicyclic) bond motifs is 1. The topological polar surface area (TPSA) is 45.4 Å². The minimum atomic E-state index is 0.756. The maximum absolute atomic E-state index is 6.05. The van der Waals surface area contributed by atoms with Gasteiger partial charge in [-0.1, -0.05) is 36.4 Å². The first-order chi connectivity index (χ1) is 11.3. The highest BCUT2D eigenvalue weighted by molar-refractivity contribution is 5.94. The first-order valence-corrected chi connectivity index (χ1v) is 8.00. The second kappa shape index (κ2) is 5.80. The maximum Gasteiger partial charge on any atom is 0.0738 e. The van der Waals surface area contributed by atoms with E-state index in [0.717, 1.165) is 37.6 Å². The number of nitrogens with zero attached hydrogens (tertiary/aromatic N) is 3. The van der Waals surface area contributed by atoms with E-state index >= 15 is 0 Å². The fourth-order valence-corrected chi connectivity index (χ4v) is 3.36. The molecule has 4 heteroatoms. The third-order valence-electron chi connectivity index (χ3n) is 4.56. The highest BCUT2D eigenvalue weighted by Crippen LogP contribution is 2.29. The second-order valence-electron chi connectivity index (χ2n) is 5.91. The Bertz CT molecular complexity index is 817. The summed E-state index contributed by atoms with van der Waals surface area (Å²) in [5.41, 5.74) is 9.23. The first-order valence-electron chi connectivity index (χ1n) is 8.00. The number of rotatable bonds is 2. The zero-order valence-electron chi connectivity index (χ0n) is 13.0. The molecule has 1 aromatic heterocycles. The normalized spacial score (nSPS) is 15.1. The van der Waals surface area contributed by atoms with E-state index < -0.39 is 0 Å². The van der Waals surface area contributed by atoms with Crippen LogP contribution in [0.2, 0.25) is 0 Å². The van der Waals surface area contributed by atoms with Gasteiger partial charge in [-0.25, -0.2) is 0 Å². The molecule has 0 bridgehead atoms. The highest BCUT2D eigenvalue weighted by Gasteiger charge is 2.19. The van der Waals surface area contributed by atoms with E-state index in [2.05, 4.69) is 57.2 Å². The molecule has 1 aliphatic heterocycles. The molecule has 0 aliphatic carbocycles. The Balaban J connectivity index is 1.57. The highest BCUT2D eigenvalue weighted by atomic mass is 15.3. The summed E-state index contributed by atoms with van der Waals surface area (Å²) in [6.45, 7) is 3.93. The lowest BCUT2D eigenvalue weighted by Gasteiger charge is -2.38. The second-order valence-corrected chi connectivity index (χ2v) is 5.91. The Morgan fingerprint density at radius 1 is 0.783 bits per heavy atom. The molecule has 3 aromatic rings. The predicted octanol–water partition coefficient (Wildman–Crippen LogP) is 3.14. The van der Waals surface area contributed by atoms with Crippen molar-refractivity contribution in [3.8, 4) is 0 Å². The van der Waals surface area contributed by atoms with Crippen LogP contribution in [0.1, 0.15) is 0 Å². The van der Waals surface area contributed by atoms with Crippen LogP contribution in [0.25, 0.3) is 10.8 Å². The number of benzene rings is 2. The van der Waals surface area contributed by atoms with Crippen molar-refractivity contribution in [3.05, 3.63) is 60.9 Å². The summed E-state index contributed by atoms with van der Waals surface area (Å²) < 4.78 is 0. The maximum atomic E-state index is 6.05. The number of piperazine rings is 1. The van der Waals surface area contributed by atoms with Gasteiger partial charge in [-0.05, 0) is 17.5 Å². The van der Waals surface area contributed by atoms with Crippen molar-refractivity contribution in [1.82, 2.24) is 4.98 Å². The van der Waals surface area contributed by atoms with Crippen LogP contribution in [0, 0.1) is 0 Å². The van der Waals surface area contributed by atoms with Crippen LogP contribution < -0.4 is 15.5 Å². The Hall–Kier alpha value is -2.75. The lowest BCUT2D eigenvalue weighted by atomic mass is 10.1. The van der Waals surface area contributed by atoms with Gasteiger partial charge in [-0.2, -0.15) is 0 Å². The molecule has 2 N–H and O–H groups in total. The molecule has 4 rings (SSSR count). The Morgan fingerprint density at radius 2 is 1.48 bits per heavy atom. The van der Waals surface area contributed by atoms with Crippen molar-refractivity contribution in [3.63, 3.8) is 0 Å². The summed E-state index contributed by atoms with van der Waals surface area (Å²) in [5.74, 6) is 0. The van der Waals surface area contributed by atoms with Crippen molar-refractivity contribution in [2.24, 2.45) is 0 Å². The van der Waals surface area contributed by atoms with E-state index in [1.165, 1.54) is 16.5 Å². The monoisotopic (exact) mass is 304 g/mol. The molecule has 2 heterocycles. The van der Waals surface area contributed by atoms with Crippen LogP contribution in [0.5, 0.6) is 0 Å². The van der Waals surface area contributed by atoms with E-state index in [-0.39, 0.29) is 0 Å². The van der Waals surface area contributed by atoms with Gasteiger partial charge in [0, 0.05) is 43.4 Å². The molecule has 116 valence electrons. The quantitative estimate of drug-likeness (QED) is 0.790. The minimum absolute atomic E-state index is 0.756. The lowest BCUT2D eigenvalue weighted by molar-refractivity contribution is 0.655. The van der Waals surface area contributed by atoms with E-state index in [1.54, 1.807) is 6.20 Å². The van der Waals surface area contributed by atoms with Crippen LogP contribution in [0.4, 0.5) is 17.1 Å². The molecular formula is C19H20N4. The number of nitrogen functional groups attached to an aromatic ring is 1. The van der Waals surface area contributed by atoms with Gasteiger partial charge in [0.05, 0.1) is 17.6 Å². The van der Waals surface area contributed by atoms with Gasteiger partial charge in [-0.15, -0.1) is 0 Å². The minimum Gasteiger partial charge on any atom is -0.396 e. The smallest absolute Gasteiger partial charge is 0.0738 e. The van der Waals surface area contributed by atoms with Gasteiger partial charge in [0.15, 0.2) is 0 Å². The fraction of sp³-hybridized carbons (Fsp3) is 0.211. The number of hydrogen-bond donors (Lipinski definition) is 1. The van der Waals surface area contributed by atoms with Gasteiger partial charge in [0.1, 0.15) is 0 Å². The number of hydrogen-bond acceptors (Lipinski definition) is 4. The average Bonchev–Trinajstić information content (AvgIpc) is 2.62. The van der Waals surface area contributed by atoms with Crippen molar-refractivity contribution < 1.29 is 0 Å². The van der Waals surface area contributed by atoms with Crippen molar-refractivity contribution in [2.45, 2.75) is 0 Å². The first kappa shape index (κ1) is 13.9. The lowest BCUT2D eigenvalue weighted by Crippen LogP contribution is -2.46. The van der Waals surface area contributed by atoms with Gasteiger partial charge in [-0.3, -0.25) is 4.98 Å². The molecule has 0 unspecified atom stereocenters. The molecule has 0 radical (unpaired) electrons. The molecule has 0 saturated carbocycles.